The lowest BCUT2D eigenvalue weighted by molar-refractivity contribution is -0.114. The quantitative estimate of drug-likeness (QED) is 0.469. The molecule has 1 aliphatic carbocycles. The van der Waals surface area contributed by atoms with Gasteiger partial charge < -0.3 is 4.57 Å². The number of hydrazone groups is 1. The molecule has 1 aromatic carbocycles. The van der Waals surface area contributed by atoms with Crippen LogP contribution in [0.5, 0.6) is 0 Å². The summed E-state index contributed by atoms with van der Waals surface area (Å²) in [4.78, 5) is 17.1. The molecule has 2 aliphatic heterocycles. The number of nitrogens with one attached hydrogen (secondary N) is 1. The summed E-state index contributed by atoms with van der Waals surface area (Å²) < 4.78 is 2.11. The largest absolute Gasteiger partial charge is 0.318 e. The van der Waals surface area contributed by atoms with Crippen LogP contribution in [0.15, 0.2) is 46.0 Å². The summed E-state index contributed by atoms with van der Waals surface area (Å²) in [5, 5.41) is 17.0. The highest BCUT2D eigenvalue weighted by Gasteiger charge is 2.35. The molecule has 1 saturated carbocycles. The predicted molar refractivity (Wildman–Crippen MR) is 141 cm³/mol. The highest BCUT2D eigenvalue weighted by molar-refractivity contribution is 8.26. The molecule has 2 aromatic rings. The zero-order chi connectivity index (χ0) is 23.8. The first-order valence-electron chi connectivity index (χ1n) is 11.8. The van der Waals surface area contributed by atoms with Crippen molar-refractivity contribution in [3.8, 4) is 5.69 Å². The number of aryl methyl sites for hydroxylation is 1. The number of fused-ring (bicyclic) bond motifs is 1. The van der Waals surface area contributed by atoms with Gasteiger partial charge in [0.2, 0.25) is 5.17 Å². The molecule has 34 heavy (non-hydrogen) atoms. The van der Waals surface area contributed by atoms with Crippen molar-refractivity contribution in [1.82, 2.24) is 9.58 Å². The fourth-order valence-electron chi connectivity index (χ4n) is 5.01. The van der Waals surface area contributed by atoms with Gasteiger partial charge >= 0.3 is 0 Å². The highest BCUT2D eigenvalue weighted by atomic mass is 35.5. The van der Waals surface area contributed by atoms with E-state index in [2.05, 4.69) is 14.7 Å². The van der Waals surface area contributed by atoms with Crippen molar-refractivity contribution in [2.75, 3.05) is 0 Å². The molecule has 0 bridgehead atoms. The van der Waals surface area contributed by atoms with Gasteiger partial charge in [-0.1, -0.05) is 43.7 Å². The van der Waals surface area contributed by atoms with Gasteiger partial charge in [0.1, 0.15) is 5.04 Å². The molecule has 0 spiro atoms. The number of aliphatic imine (C=N–C) groups is 1. The molecule has 1 fully saturated rings. The number of rotatable bonds is 5. The lowest BCUT2D eigenvalue weighted by Gasteiger charge is -2.20. The average molecular weight is 494 g/mol. The lowest BCUT2D eigenvalue weighted by Crippen LogP contribution is -2.35. The molecule has 0 radical (unpaired) electrons. The van der Waals surface area contributed by atoms with Crippen LogP contribution in [0.2, 0.25) is 5.02 Å². The van der Waals surface area contributed by atoms with Crippen LogP contribution in [0.4, 0.5) is 0 Å². The van der Waals surface area contributed by atoms with Crippen molar-refractivity contribution in [3.05, 3.63) is 57.9 Å². The summed E-state index contributed by atoms with van der Waals surface area (Å²) in [5.74, 6) is 0.472. The van der Waals surface area contributed by atoms with E-state index in [0.717, 1.165) is 46.4 Å². The number of carbonyl (C=O) groups is 1. The number of hydrogen-bond acceptors (Lipinski definition) is 4. The summed E-state index contributed by atoms with van der Waals surface area (Å²) in [5.41, 5.74) is 4.16. The Morgan fingerprint density at radius 2 is 1.91 bits per heavy atom. The van der Waals surface area contributed by atoms with Crippen LogP contribution in [0.3, 0.4) is 0 Å². The Morgan fingerprint density at radius 3 is 2.65 bits per heavy atom. The number of amides is 1. The predicted octanol–water partition coefficient (Wildman–Crippen LogP) is 6.73. The first-order valence-corrected chi connectivity index (χ1v) is 13.0. The van der Waals surface area contributed by atoms with Crippen LogP contribution in [-0.2, 0) is 4.79 Å². The van der Waals surface area contributed by atoms with Crippen molar-refractivity contribution >= 4 is 51.4 Å². The number of nitrogens with zero attached hydrogens (tertiary/aromatic N) is 4. The second kappa shape index (κ2) is 9.55. The summed E-state index contributed by atoms with van der Waals surface area (Å²) in [6.07, 6.45) is 10.4. The molecule has 8 heteroatoms. The van der Waals surface area contributed by atoms with Gasteiger partial charge in [0, 0.05) is 22.1 Å². The molecule has 3 heterocycles. The van der Waals surface area contributed by atoms with E-state index in [1.165, 1.54) is 48.9 Å². The Hall–Kier alpha value is -2.64. The Bertz CT molecular complexity index is 1230. The van der Waals surface area contributed by atoms with Crippen molar-refractivity contribution in [3.63, 3.8) is 0 Å². The minimum atomic E-state index is -0.385. The minimum Gasteiger partial charge on any atom is -0.318 e. The first kappa shape index (κ1) is 23.1. The second-order valence-electron chi connectivity index (χ2n) is 9.19. The number of benzene rings is 1. The van der Waals surface area contributed by atoms with Crippen LogP contribution < -0.4 is 0 Å². The summed E-state index contributed by atoms with van der Waals surface area (Å²) >= 11 is 7.48. The van der Waals surface area contributed by atoms with E-state index in [-0.39, 0.29) is 17.3 Å². The molecule has 5 rings (SSSR count). The third kappa shape index (κ3) is 4.51. The van der Waals surface area contributed by atoms with Gasteiger partial charge in [-0.3, -0.25) is 10.2 Å². The number of carbonyl (C=O) groups excluding carboxylic acids is 1. The normalized spacial score (nSPS) is 20.1. The molecular formula is C26H28ClN5OS. The van der Waals surface area contributed by atoms with E-state index in [1.54, 1.807) is 6.08 Å². The molecule has 176 valence electrons. The van der Waals surface area contributed by atoms with Crippen molar-refractivity contribution in [2.45, 2.75) is 58.8 Å². The molecule has 3 aliphatic rings. The minimum absolute atomic E-state index is 0.0893. The first-order chi connectivity index (χ1) is 16.4. The van der Waals surface area contributed by atoms with Crippen LogP contribution in [-0.4, -0.2) is 31.5 Å². The van der Waals surface area contributed by atoms with E-state index in [0.29, 0.717) is 10.2 Å². The van der Waals surface area contributed by atoms with Gasteiger partial charge in [0.05, 0.1) is 5.57 Å². The number of hydrogen-bond donors (Lipinski definition) is 1. The maximum absolute atomic E-state index is 12.9. The Balaban J connectivity index is 1.37. The fourth-order valence-corrected chi connectivity index (χ4v) is 6.04. The number of thioether (sulfide) groups is 1. The van der Waals surface area contributed by atoms with Gasteiger partial charge in [-0.25, -0.2) is 0 Å². The van der Waals surface area contributed by atoms with Gasteiger partial charge in [-0.15, -0.1) is 0 Å². The second-order valence-corrected chi connectivity index (χ2v) is 10.7. The summed E-state index contributed by atoms with van der Waals surface area (Å²) in [7, 11) is 0. The molecule has 0 unspecified atom stereocenters. The highest BCUT2D eigenvalue weighted by Crippen LogP contribution is 2.33. The zero-order valence-electron chi connectivity index (χ0n) is 19.5. The Labute approximate surface area is 209 Å². The lowest BCUT2D eigenvalue weighted by atomic mass is 9.86. The van der Waals surface area contributed by atoms with E-state index in [9.17, 15) is 4.79 Å². The maximum Gasteiger partial charge on any atom is 0.283 e. The molecule has 1 aromatic heterocycles. The van der Waals surface area contributed by atoms with Gasteiger partial charge in [0.15, 0.2) is 5.84 Å². The van der Waals surface area contributed by atoms with E-state index < -0.39 is 0 Å². The third-order valence-corrected chi connectivity index (χ3v) is 8.06. The Kier molecular flexibility index (Phi) is 6.49. The van der Waals surface area contributed by atoms with Gasteiger partial charge in [-0.2, -0.15) is 15.1 Å². The smallest absolute Gasteiger partial charge is 0.283 e. The fraction of sp³-hybridized carbons (Fsp3) is 0.385. The summed E-state index contributed by atoms with van der Waals surface area (Å²) in [6, 6.07) is 9.68. The monoisotopic (exact) mass is 493 g/mol. The average Bonchev–Trinajstić information content (AvgIpc) is 3.36. The maximum atomic E-state index is 12.9. The SMILES string of the molecule is Cc1cc(/C=C2/C(=N)N3N=C(CCC4CCCCC4)SC3=NC2=O)c(C)n1-c1ccc(Cl)cc1. The van der Waals surface area contributed by atoms with Crippen LogP contribution >= 0.6 is 23.4 Å². The molecule has 1 amide bonds. The zero-order valence-corrected chi connectivity index (χ0v) is 21.0. The number of amidine groups is 2. The molecular weight excluding hydrogens is 466 g/mol. The van der Waals surface area contributed by atoms with E-state index >= 15 is 0 Å². The van der Waals surface area contributed by atoms with Crippen molar-refractivity contribution in [1.29, 1.82) is 5.41 Å². The van der Waals surface area contributed by atoms with E-state index in [1.807, 2.05) is 44.2 Å². The Morgan fingerprint density at radius 1 is 1.18 bits per heavy atom. The number of aromatic nitrogens is 1. The topological polar surface area (TPSA) is 73.8 Å². The molecule has 1 N–H and O–H groups in total. The van der Waals surface area contributed by atoms with Crippen LogP contribution in [0, 0.1) is 25.2 Å². The van der Waals surface area contributed by atoms with Crippen LogP contribution in [0.1, 0.15) is 61.9 Å². The van der Waals surface area contributed by atoms with Gasteiger partial charge in [0.25, 0.3) is 5.91 Å². The number of halogens is 1. The van der Waals surface area contributed by atoms with E-state index in [4.69, 9.17) is 17.0 Å². The van der Waals surface area contributed by atoms with Crippen LogP contribution in [0.25, 0.3) is 11.8 Å². The molecule has 0 saturated heterocycles. The van der Waals surface area contributed by atoms with Crippen molar-refractivity contribution < 1.29 is 4.79 Å². The molecule has 0 atom stereocenters. The molecule has 6 nitrogen and oxygen atoms in total. The standard InChI is InChI=1S/C26H28ClN5OS/c1-16-14-19(17(2)31(16)21-11-9-20(27)10-12-21)15-22-24(28)32-26(29-25(22)33)34-23(30-32)13-8-18-6-4-3-5-7-18/h9-12,14-15,18,28H,3-8,13H2,1-2H3/b22-15-,28-24?. The van der Waals surface area contributed by atoms with Crippen molar-refractivity contribution in [2.24, 2.45) is 16.0 Å². The summed E-state index contributed by atoms with van der Waals surface area (Å²) in [6.45, 7) is 4.03. The van der Waals surface area contributed by atoms with Gasteiger partial charge in [-0.05, 0) is 86.3 Å². The third-order valence-electron chi connectivity index (χ3n) is 6.84.